The summed E-state index contributed by atoms with van der Waals surface area (Å²) in [4.78, 5) is 0. The molecule has 2 heteroatoms. The van der Waals surface area contributed by atoms with Crippen molar-refractivity contribution < 1.29 is 0 Å². The molecular weight excluding hydrogens is 154 g/mol. The van der Waals surface area contributed by atoms with Crippen LogP contribution in [0.4, 0.5) is 0 Å². The molecule has 66 valence electrons. The molecule has 0 aliphatic carbocycles. The van der Waals surface area contributed by atoms with E-state index in [1.165, 1.54) is 19.5 Å². The molecule has 0 aromatic carbocycles. The molecule has 1 unspecified atom stereocenters. The van der Waals surface area contributed by atoms with Crippen LogP contribution in [0.2, 0.25) is 0 Å². The van der Waals surface area contributed by atoms with Gasteiger partial charge in [0.15, 0.2) is 0 Å². The van der Waals surface area contributed by atoms with Gasteiger partial charge in [-0.2, -0.15) is 0 Å². The maximum absolute atomic E-state index is 2.47. The molecule has 0 aromatic heterocycles. The minimum atomic E-state index is 0.572. The summed E-state index contributed by atoms with van der Waals surface area (Å²) in [6.07, 6.45) is 3.54. The van der Waals surface area contributed by atoms with E-state index < -0.39 is 0 Å². The lowest BCUT2D eigenvalue weighted by Gasteiger charge is -2.28. The Balaban J connectivity index is 2.50. The topological polar surface area (TPSA) is 3.24 Å². The molecule has 0 radical (unpaired) electrons. The van der Waals surface area contributed by atoms with Crippen molar-refractivity contribution in [1.29, 1.82) is 0 Å². The summed E-state index contributed by atoms with van der Waals surface area (Å²) < 4.78 is 2.47. The van der Waals surface area contributed by atoms with Crippen LogP contribution in [0.1, 0.15) is 27.2 Å². The summed E-state index contributed by atoms with van der Waals surface area (Å²) in [5.74, 6) is 0.819. The fourth-order valence-corrected chi connectivity index (χ4v) is 2.27. The van der Waals surface area contributed by atoms with Gasteiger partial charge < -0.3 is 0 Å². The van der Waals surface area contributed by atoms with Crippen molar-refractivity contribution in [3.63, 3.8) is 0 Å². The fourth-order valence-electron chi connectivity index (χ4n) is 1.57. The van der Waals surface area contributed by atoms with E-state index in [9.17, 15) is 0 Å². The lowest BCUT2D eigenvalue weighted by atomic mass is 9.79. The van der Waals surface area contributed by atoms with E-state index in [0.717, 1.165) is 5.92 Å². The largest absolute Gasteiger partial charge is 0.250 e. The molecular formula is C9H19NS. The molecule has 0 N–H and O–H groups in total. The van der Waals surface area contributed by atoms with E-state index in [4.69, 9.17) is 0 Å². The van der Waals surface area contributed by atoms with Crippen molar-refractivity contribution in [2.24, 2.45) is 11.3 Å². The van der Waals surface area contributed by atoms with Crippen LogP contribution < -0.4 is 0 Å². The van der Waals surface area contributed by atoms with Crippen LogP contribution in [-0.2, 0) is 0 Å². The number of rotatable bonds is 2. The van der Waals surface area contributed by atoms with Gasteiger partial charge in [-0.25, -0.2) is 0 Å². The van der Waals surface area contributed by atoms with Crippen LogP contribution in [0, 0.1) is 11.3 Å². The van der Waals surface area contributed by atoms with Gasteiger partial charge in [0.1, 0.15) is 0 Å². The Kier molecular flexibility index (Phi) is 2.87. The predicted molar refractivity (Wildman–Crippen MR) is 52.7 cm³/mol. The first-order valence-electron chi connectivity index (χ1n) is 4.37. The molecule has 1 rings (SSSR count). The van der Waals surface area contributed by atoms with E-state index in [-0.39, 0.29) is 0 Å². The van der Waals surface area contributed by atoms with E-state index in [1.807, 2.05) is 11.9 Å². The first-order chi connectivity index (χ1) is 5.08. The molecule has 0 amide bonds. The number of hydrogen-bond donors (Lipinski definition) is 0. The molecule has 1 nitrogen and oxygen atoms in total. The molecule has 1 atom stereocenters. The van der Waals surface area contributed by atoms with Crippen LogP contribution >= 0.6 is 11.9 Å². The molecule has 1 heterocycles. The molecule has 1 fully saturated rings. The first kappa shape index (κ1) is 9.40. The highest BCUT2D eigenvalue weighted by atomic mass is 32.2. The van der Waals surface area contributed by atoms with Gasteiger partial charge in [0.05, 0.1) is 0 Å². The second-order valence-electron chi connectivity index (χ2n) is 4.10. The highest BCUT2D eigenvalue weighted by Gasteiger charge is 2.35. The van der Waals surface area contributed by atoms with Crippen molar-refractivity contribution in [2.45, 2.75) is 27.2 Å². The van der Waals surface area contributed by atoms with Gasteiger partial charge in [-0.15, -0.1) is 0 Å². The van der Waals surface area contributed by atoms with Gasteiger partial charge in [-0.05, 0) is 24.0 Å². The zero-order chi connectivity index (χ0) is 8.48. The average molecular weight is 173 g/mol. The van der Waals surface area contributed by atoms with E-state index in [0.29, 0.717) is 5.41 Å². The van der Waals surface area contributed by atoms with Crippen molar-refractivity contribution >= 4 is 11.9 Å². The first-order valence-corrected chi connectivity index (χ1v) is 5.56. The Morgan fingerprint density at radius 2 is 2.09 bits per heavy atom. The summed E-state index contributed by atoms with van der Waals surface area (Å²) >= 11 is 1.89. The Morgan fingerprint density at radius 3 is 2.36 bits per heavy atom. The Bertz CT molecular complexity index is 136. The summed E-state index contributed by atoms with van der Waals surface area (Å²) in [6.45, 7) is 9.63. The van der Waals surface area contributed by atoms with Crippen molar-refractivity contribution in [2.75, 3.05) is 19.3 Å². The maximum atomic E-state index is 2.47. The third kappa shape index (κ3) is 1.91. The average Bonchev–Trinajstić information content (AvgIpc) is 2.33. The van der Waals surface area contributed by atoms with Crippen LogP contribution in [-0.4, -0.2) is 23.7 Å². The zero-order valence-corrected chi connectivity index (χ0v) is 8.87. The van der Waals surface area contributed by atoms with Gasteiger partial charge in [0.2, 0.25) is 0 Å². The summed E-state index contributed by atoms with van der Waals surface area (Å²) in [6, 6.07) is 0. The molecule has 11 heavy (non-hydrogen) atoms. The molecule has 1 aliphatic rings. The molecule has 0 aromatic rings. The van der Waals surface area contributed by atoms with Gasteiger partial charge in [0.25, 0.3) is 0 Å². The maximum Gasteiger partial charge on any atom is 0.0146 e. The van der Waals surface area contributed by atoms with Gasteiger partial charge in [-0.3, -0.25) is 4.31 Å². The second-order valence-corrected chi connectivity index (χ2v) is 4.99. The smallest absolute Gasteiger partial charge is 0.0146 e. The minimum absolute atomic E-state index is 0.572. The van der Waals surface area contributed by atoms with Crippen molar-refractivity contribution in [1.82, 2.24) is 4.31 Å². The van der Waals surface area contributed by atoms with Crippen LogP contribution in [0.25, 0.3) is 0 Å². The van der Waals surface area contributed by atoms with Crippen molar-refractivity contribution in [3.8, 4) is 0 Å². The van der Waals surface area contributed by atoms with Gasteiger partial charge in [-0.1, -0.05) is 32.7 Å². The van der Waals surface area contributed by atoms with Crippen molar-refractivity contribution in [3.05, 3.63) is 0 Å². The monoisotopic (exact) mass is 173 g/mol. The Morgan fingerprint density at radius 1 is 1.45 bits per heavy atom. The molecule has 1 saturated heterocycles. The van der Waals surface area contributed by atoms with Gasteiger partial charge in [0, 0.05) is 13.1 Å². The summed E-state index contributed by atoms with van der Waals surface area (Å²) in [7, 11) is 0. The normalized spacial score (nSPS) is 33.5. The van der Waals surface area contributed by atoms with Crippen LogP contribution in [0.5, 0.6) is 0 Å². The predicted octanol–water partition coefficient (Wildman–Crippen LogP) is 2.63. The van der Waals surface area contributed by atoms with Crippen LogP contribution in [0.15, 0.2) is 0 Å². The van der Waals surface area contributed by atoms with Crippen LogP contribution in [0.3, 0.4) is 0 Å². The molecule has 0 bridgehead atoms. The summed E-state index contributed by atoms with van der Waals surface area (Å²) in [5.41, 5.74) is 0.572. The molecule has 0 spiro atoms. The summed E-state index contributed by atoms with van der Waals surface area (Å²) in [5, 5.41) is 0. The van der Waals surface area contributed by atoms with E-state index >= 15 is 0 Å². The molecule has 1 aliphatic heterocycles. The Labute approximate surface area is 74.7 Å². The highest BCUT2D eigenvalue weighted by molar-refractivity contribution is 7.96. The third-order valence-electron chi connectivity index (χ3n) is 3.12. The van der Waals surface area contributed by atoms with E-state index in [1.54, 1.807) is 0 Å². The number of nitrogens with zero attached hydrogens (tertiary/aromatic N) is 1. The quantitative estimate of drug-likeness (QED) is 0.591. The fraction of sp³-hybridized carbons (Fsp3) is 1.00. The minimum Gasteiger partial charge on any atom is -0.250 e. The second kappa shape index (κ2) is 3.36. The van der Waals surface area contributed by atoms with Gasteiger partial charge >= 0.3 is 0 Å². The lowest BCUT2D eigenvalue weighted by Crippen LogP contribution is -2.25. The SMILES string of the molecule is CSN1CCC(C)(C(C)C)C1. The standard InChI is InChI=1S/C9H19NS/c1-8(2)9(3)5-6-10(7-9)11-4/h8H,5-7H2,1-4H3. The molecule has 0 saturated carbocycles. The number of hydrogen-bond acceptors (Lipinski definition) is 2. The zero-order valence-electron chi connectivity index (χ0n) is 8.05. The third-order valence-corrected chi connectivity index (χ3v) is 3.95. The Hall–Kier alpha value is 0.310. The lowest BCUT2D eigenvalue weighted by molar-refractivity contribution is 0.239. The van der Waals surface area contributed by atoms with E-state index in [2.05, 4.69) is 31.3 Å². The highest BCUT2D eigenvalue weighted by Crippen LogP contribution is 2.38.